The quantitative estimate of drug-likeness (QED) is 0.129. The van der Waals surface area contributed by atoms with Crippen LogP contribution in [-0.4, -0.2) is 49.8 Å². The first-order valence-electron chi connectivity index (χ1n) is 36.2. The molecule has 0 aliphatic heterocycles. The van der Waals surface area contributed by atoms with Gasteiger partial charge in [-0.1, -0.05) is 218 Å². The summed E-state index contributed by atoms with van der Waals surface area (Å²) < 4.78 is 0. The minimum Gasteiger partial charge on any atom is -0.256 e. The van der Waals surface area contributed by atoms with Crippen molar-refractivity contribution in [3.8, 4) is 101 Å². The maximum atomic E-state index is 5.47. The first kappa shape index (κ1) is 60.8. The monoisotopic (exact) mass is 1370 g/mol. The van der Waals surface area contributed by atoms with Crippen molar-refractivity contribution in [1.29, 1.82) is 0 Å². The van der Waals surface area contributed by atoms with Gasteiger partial charge in [-0.05, 0) is 146 Å². The standard InChI is InChI=1S/C98H56N10/c1-2-12-77-76(11-1)78(85-41-31-58-16-22-68(53-90(58)104-85)70-24-18-59-32-42-87(105-91(59)55-70)81-13-3-7-61-9-5-46-99-93(61)81)37-38-79(77)86-44-35-64-29-36-80-75(45-48-101-98(80)97(64)108-86)74-51-73-8-4-14-82(94(73)102-56-74)88-43-33-60-17-23-69(54-92(60)106-88)67-21-15-57-30-39-83(103-89(57)52-67)71-27-25-66-50-72(28-26-65(66)49-71)84-40-34-63-20-19-62-10-6-47-100-95(62)96(63)107-84/h1-56H. The van der Waals surface area contributed by atoms with Gasteiger partial charge in [-0.3, -0.25) is 19.9 Å². The number of pyridine rings is 10. The van der Waals surface area contributed by atoms with Gasteiger partial charge in [-0.15, -0.1) is 0 Å². The van der Waals surface area contributed by atoms with Crippen LogP contribution in [0, 0.1) is 0 Å². The summed E-state index contributed by atoms with van der Waals surface area (Å²) in [6.07, 6.45) is 7.54. The van der Waals surface area contributed by atoms with Crippen LogP contribution in [0.1, 0.15) is 0 Å². The van der Waals surface area contributed by atoms with E-state index in [1.807, 2.05) is 36.9 Å². The number of hydrogen-bond acceptors (Lipinski definition) is 10. The summed E-state index contributed by atoms with van der Waals surface area (Å²) in [5.41, 5.74) is 26.8. The number of rotatable bonds is 9. The summed E-state index contributed by atoms with van der Waals surface area (Å²) in [4.78, 5) is 51.4. The van der Waals surface area contributed by atoms with Gasteiger partial charge in [0.1, 0.15) is 0 Å². The number of benzene rings is 12. The van der Waals surface area contributed by atoms with Crippen molar-refractivity contribution in [1.82, 2.24) is 49.8 Å². The van der Waals surface area contributed by atoms with Crippen LogP contribution in [0.25, 0.3) is 231 Å². The number of aromatic nitrogens is 10. The Bertz CT molecular complexity index is 7600. The third-order valence-corrected chi connectivity index (χ3v) is 21.6. The lowest BCUT2D eigenvalue weighted by molar-refractivity contribution is 1.36. The van der Waals surface area contributed by atoms with Crippen molar-refractivity contribution in [2.75, 3.05) is 0 Å². The van der Waals surface area contributed by atoms with Crippen LogP contribution in [-0.2, 0) is 0 Å². The summed E-state index contributed by atoms with van der Waals surface area (Å²) in [7, 11) is 0. The zero-order valence-corrected chi connectivity index (χ0v) is 57.8. The van der Waals surface area contributed by atoms with E-state index in [1.165, 1.54) is 0 Å². The molecule has 0 atom stereocenters. The molecular formula is C98H56N10. The fourth-order valence-corrected chi connectivity index (χ4v) is 16.0. The molecule has 22 rings (SSSR count). The van der Waals surface area contributed by atoms with Gasteiger partial charge in [0, 0.05) is 118 Å². The fourth-order valence-electron chi connectivity index (χ4n) is 16.0. The Balaban J connectivity index is 0.535. The molecule has 0 aliphatic carbocycles. The van der Waals surface area contributed by atoms with E-state index in [-0.39, 0.29) is 0 Å². The SMILES string of the molecule is c1cnc2c(-c3ccc4ccc(-c5ccc6ccc(-c7ccc(-c8ccc9ccc%10c(-c%11cnc%12c(-c%13ccc%14ccc(-c%15ccc%16ccc(-c%17ccc%18cc(-c%19ccc%20ccc%21cccnc%21c%20n%19)ccc%18c%17)nc%16c%15)cc%14n%13)cccc%12c%11)ccnc%10c9n8)c8ccccc78)nc6c5)cc4n3)cccc2c1. The predicted molar refractivity (Wildman–Crippen MR) is 443 cm³/mol. The largest absolute Gasteiger partial charge is 0.256 e. The number of nitrogens with zero attached hydrogens (tertiary/aromatic N) is 10. The zero-order valence-electron chi connectivity index (χ0n) is 57.8. The molecule has 22 aromatic rings. The van der Waals surface area contributed by atoms with Crippen LogP contribution >= 0.6 is 0 Å². The van der Waals surface area contributed by atoms with Crippen LogP contribution in [0.15, 0.2) is 340 Å². The highest BCUT2D eigenvalue weighted by atomic mass is 14.8. The molecule has 10 aromatic heterocycles. The van der Waals surface area contributed by atoms with Crippen molar-refractivity contribution in [3.05, 3.63) is 340 Å². The van der Waals surface area contributed by atoms with E-state index in [4.69, 9.17) is 44.9 Å². The van der Waals surface area contributed by atoms with Gasteiger partial charge < -0.3 is 0 Å². The summed E-state index contributed by atoms with van der Waals surface area (Å²) in [5, 5.41) is 15.0. The Morgan fingerprint density at radius 3 is 1.09 bits per heavy atom. The van der Waals surface area contributed by atoms with Gasteiger partial charge in [0.25, 0.3) is 0 Å². The van der Waals surface area contributed by atoms with Gasteiger partial charge in [0.15, 0.2) is 0 Å². The summed E-state index contributed by atoms with van der Waals surface area (Å²) in [6.45, 7) is 0. The lowest BCUT2D eigenvalue weighted by Crippen LogP contribution is -1.93. The molecule has 0 aliphatic rings. The Morgan fingerprint density at radius 1 is 0.157 bits per heavy atom. The molecule has 0 bridgehead atoms. The van der Waals surface area contributed by atoms with Gasteiger partial charge in [-0.2, -0.15) is 0 Å². The third kappa shape index (κ3) is 10.3. The van der Waals surface area contributed by atoms with Crippen molar-refractivity contribution < 1.29 is 0 Å². The number of hydrogen-bond donors (Lipinski definition) is 0. The second-order valence-electron chi connectivity index (χ2n) is 27.9. The Labute approximate surface area is 617 Å². The van der Waals surface area contributed by atoms with Crippen LogP contribution in [0.2, 0.25) is 0 Å². The Hall–Kier alpha value is -14.7. The van der Waals surface area contributed by atoms with E-state index in [0.717, 1.165) is 231 Å². The van der Waals surface area contributed by atoms with Crippen molar-refractivity contribution in [2.45, 2.75) is 0 Å². The van der Waals surface area contributed by atoms with E-state index in [1.54, 1.807) is 0 Å². The highest BCUT2D eigenvalue weighted by Gasteiger charge is 2.19. The minimum atomic E-state index is 0.828. The van der Waals surface area contributed by atoms with Gasteiger partial charge in [0.2, 0.25) is 0 Å². The molecule has 0 spiro atoms. The van der Waals surface area contributed by atoms with Crippen LogP contribution in [0.5, 0.6) is 0 Å². The first-order chi connectivity index (χ1) is 53.4. The fraction of sp³-hybridized carbons (Fsp3) is 0. The number of fused-ring (bicyclic) bond motifs is 14. The van der Waals surface area contributed by atoms with Crippen molar-refractivity contribution in [2.24, 2.45) is 0 Å². The second-order valence-corrected chi connectivity index (χ2v) is 27.9. The Morgan fingerprint density at radius 2 is 0.528 bits per heavy atom. The second kappa shape index (κ2) is 24.5. The van der Waals surface area contributed by atoms with Gasteiger partial charge >= 0.3 is 0 Å². The van der Waals surface area contributed by atoms with Gasteiger partial charge in [0.05, 0.1) is 89.3 Å². The maximum Gasteiger partial charge on any atom is 0.0972 e. The van der Waals surface area contributed by atoms with E-state index in [9.17, 15) is 0 Å². The molecule has 0 unspecified atom stereocenters. The molecule has 10 nitrogen and oxygen atoms in total. The van der Waals surface area contributed by atoms with Gasteiger partial charge in [-0.25, -0.2) is 29.9 Å². The molecule has 10 heteroatoms. The van der Waals surface area contributed by atoms with Crippen molar-refractivity contribution >= 4 is 131 Å². The van der Waals surface area contributed by atoms with Crippen LogP contribution < -0.4 is 0 Å². The highest BCUT2D eigenvalue weighted by molar-refractivity contribution is 6.12. The summed E-state index contributed by atoms with van der Waals surface area (Å²) in [5.74, 6) is 0. The molecule has 0 saturated heterocycles. The predicted octanol–water partition coefficient (Wildman–Crippen LogP) is 24.5. The maximum absolute atomic E-state index is 5.47. The summed E-state index contributed by atoms with van der Waals surface area (Å²) >= 11 is 0. The molecule has 498 valence electrons. The average Bonchev–Trinajstić information content (AvgIpc) is 0.755. The first-order valence-corrected chi connectivity index (χ1v) is 36.2. The molecule has 10 heterocycles. The molecule has 12 aromatic carbocycles. The molecule has 0 radical (unpaired) electrons. The van der Waals surface area contributed by atoms with Crippen molar-refractivity contribution in [3.63, 3.8) is 0 Å². The topological polar surface area (TPSA) is 129 Å². The molecule has 0 amide bonds. The Kier molecular flexibility index (Phi) is 13.8. The van der Waals surface area contributed by atoms with Crippen LogP contribution in [0.3, 0.4) is 0 Å². The highest BCUT2D eigenvalue weighted by Crippen LogP contribution is 2.41. The van der Waals surface area contributed by atoms with E-state index < -0.39 is 0 Å². The van der Waals surface area contributed by atoms with E-state index in [2.05, 4.69) is 308 Å². The van der Waals surface area contributed by atoms with Crippen LogP contribution in [0.4, 0.5) is 0 Å². The smallest absolute Gasteiger partial charge is 0.0972 e. The molecule has 0 saturated carbocycles. The normalized spacial score (nSPS) is 11.9. The lowest BCUT2D eigenvalue weighted by Gasteiger charge is -2.14. The molecule has 108 heavy (non-hydrogen) atoms. The summed E-state index contributed by atoms with van der Waals surface area (Å²) in [6, 6.07) is 111. The van der Waals surface area contributed by atoms with E-state index in [0.29, 0.717) is 0 Å². The zero-order chi connectivity index (χ0) is 70.9. The van der Waals surface area contributed by atoms with E-state index >= 15 is 0 Å². The minimum absolute atomic E-state index is 0.828. The lowest BCUT2D eigenvalue weighted by atomic mass is 9.94. The third-order valence-electron chi connectivity index (χ3n) is 21.6. The average molecular weight is 1370 g/mol. The molecular weight excluding hydrogens is 1320 g/mol. The molecule has 0 N–H and O–H groups in total. The number of para-hydroxylation sites is 2. The molecule has 0 fully saturated rings.